The number of benzene rings is 2. The summed E-state index contributed by atoms with van der Waals surface area (Å²) in [5.41, 5.74) is 4.96. The van der Waals surface area contributed by atoms with Gasteiger partial charge in [0.1, 0.15) is 12.6 Å². The molecule has 2 aliphatic rings. The number of alkyl carbamates (subject to hydrolysis) is 1. The molecule has 3 unspecified atom stereocenters. The highest BCUT2D eigenvalue weighted by molar-refractivity contribution is 5.87. The van der Waals surface area contributed by atoms with Crippen molar-refractivity contribution in [2.45, 2.75) is 18.4 Å². The van der Waals surface area contributed by atoms with Crippen molar-refractivity contribution >= 4 is 18.0 Å². The minimum absolute atomic E-state index is 0.0957. The molecule has 5 rings (SSSR count). The van der Waals surface area contributed by atoms with Gasteiger partial charge in [-0.3, -0.25) is 14.3 Å². The second-order valence-electron chi connectivity index (χ2n) is 9.04. The molecule has 9 nitrogen and oxygen atoms in total. The fourth-order valence-electron chi connectivity index (χ4n) is 4.76. The lowest BCUT2D eigenvalue weighted by atomic mass is 9.98. The van der Waals surface area contributed by atoms with E-state index in [0.29, 0.717) is 12.0 Å². The molecule has 0 saturated heterocycles. The van der Waals surface area contributed by atoms with E-state index in [0.717, 1.165) is 22.3 Å². The summed E-state index contributed by atoms with van der Waals surface area (Å²) in [6.45, 7) is 0.364. The maximum absolute atomic E-state index is 12.9. The zero-order valence-corrected chi connectivity index (χ0v) is 19.2. The fraction of sp³-hybridized carbons (Fsp3) is 0.308. The molecule has 3 N–H and O–H groups in total. The van der Waals surface area contributed by atoms with Gasteiger partial charge in [-0.15, -0.1) is 0 Å². The van der Waals surface area contributed by atoms with Crippen LogP contribution in [0, 0.1) is 11.8 Å². The Morgan fingerprint density at radius 3 is 2.34 bits per heavy atom. The third-order valence-electron chi connectivity index (χ3n) is 6.70. The number of amides is 2. The molecule has 9 heteroatoms. The van der Waals surface area contributed by atoms with E-state index in [1.807, 2.05) is 36.4 Å². The van der Waals surface area contributed by atoms with Crippen molar-refractivity contribution in [3.63, 3.8) is 0 Å². The number of nitrogens with one attached hydrogen (secondary N) is 2. The monoisotopic (exact) mass is 474 g/mol. The largest absolute Gasteiger partial charge is 0.481 e. The number of ether oxygens (including phenoxy) is 1. The Bertz CT molecular complexity index is 1240. The molecule has 0 aliphatic heterocycles. The van der Waals surface area contributed by atoms with Crippen LogP contribution in [-0.4, -0.2) is 46.0 Å². The standard InChI is InChI=1S/C26H26N4O5/c1-30-13-16(12-28-30)23(24(31)27-11-15-10-21(15)25(32)33)29-26(34)35-14-22-19-8-4-2-6-17(19)18-7-3-5-9-20(18)22/h2-9,12-13,15,21-23H,10-11,14H2,1H3,(H,27,31)(H,29,34)(H,32,33). The van der Waals surface area contributed by atoms with Crippen molar-refractivity contribution in [3.8, 4) is 11.1 Å². The van der Waals surface area contributed by atoms with Gasteiger partial charge in [-0.1, -0.05) is 48.5 Å². The van der Waals surface area contributed by atoms with Crippen molar-refractivity contribution < 1.29 is 24.2 Å². The van der Waals surface area contributed by atoms with Gasteiger partial charge in [-0.05, 0) is 34.6 Å². The third-order valence-corrected chi connectivity index (χ3v) is 6.70. The second kappa shape index (κ2) is 9.25. The number of rotatable bonds is 8. The van der Waals surface area contributed by atoms with Crippen LogP contribution in [0.1, 0.15) is 35.1 Å². The van der Waals surface area contributed by atoms with Crippen molar-refractivity contribution in [1.82, 2.24) is 20.4 Å². The molecule has 1 aromatic heterocycles. The Balaban J connectivity index is 1.25. The predicted octanol–water partition coefficient (Wildman–Crippen LogP) is 2.84. The van der Waals surface area contributed by atoms with Gasteiger partial charge in [0.05, 0.1) is 12.1 Å². The van der Waals surface area contributed by atoms with Crippen molar-refractivity contribution in [3.05, 3.63) is 77.6 Å². The van der Waals surface area contributed by atoms with E-state index in [-0.39, 0.29) is 25.0 Å². The molecule has 35 heavy (non-hydrogen) atoms. The molecule has 0 radical (unpaired) electrons. The van der Waals surface area contributed by atoms with Crippen LogP contribution in [-0.2, 0) is 21.4 Å². The Morgan fingerprint density at radius 1 is 1.11 bits per heavy atom. The van der Waals surface area contributed by atoms with Crippen LogP contribution >= 0.6 is 0 Å². The van der Waals surface area contributed by atoms with E-state index < -0.39 is 29.9 Å². The first-order chi connectivity index (χ1) is 16.9. The Hall–Kier alpha value is -4.14. The normalized spacial score (nSPS) is 18.8. The van der Waals surface area contributed by atoms with Crippen LogP contribution in [0.25, 0.3) is 11.1 Å². The lowest BCUT2D eigenvalue weighted by Gasteiger charge is -2.19. The molecule has 1 heterocycles. The molecule has 2 aliphatic carbocycles. The second-order valence-corrected chi connectivity index (χ2v) is 9.04. The molecular formula is C26H26N4O5. The number of hydrogen-bond acceptors (Lipinski definition) is 5. The van der Waals surface area contributed by atoms with Crippen molar-refractivity contribution in [1.29, 1.82) is 0 Å². The first-order valence-electron chi connectivity index (χ1n) is 11.5. The molecule has 1 saturated carbocycles. The highest BCUT2D eigenvalue weighted by Gasteiger charge is 2.43. The smallest absolute Gasteiger partial charge is 0.408 e. The van der Waals surface area contributed by atoms with Gasteiger partial charge in [0, 0.05) is 31.3 Å². The van der Waals surface area contributed by atoms with E-state index in [9.17, 15) is 14.4 Å². The number of nitrogens with zero attached hydrogens (tertiary/aromatic N) is 2. The molecule has 2 amide bonds. The van der Waals surface area contributed by atoms with Crippen LogP contribution in [0.15, 0.2) is 60.9 Å². The average molecular weight is 475 g/mol. The molecule has 3 aromatic rings. The zero-order valence-electron chi connectivity index (χ0n) is 19.2. The minimum Gasteiger partial charge on any atom is -0.481 e. The molecule has 1 fully saturated rings. The lowest BCUT2D eigenvalue weighted by molar-refractivity contribution is -0.139. The number of carboxylic acids is 1. The molecular weight excluding hydrogens is 448 g/mol. The van der Waals surface area contributed by atoms with Gasteiger partial charge in [0.2, 0.25) is 5.91 Å². The first kappa shape index (κ1) is 22.6. The van der Waals surface area contributed by atoms with Crippen molar-refractivity contribution in [2.75, 3.05) is 13.2 Å². The molecule has 0 spiro atoms. The number of hydrogen-bond donors (Lipinski definition) is 3. The van der Waals surface area contributed by atoms with Crippen LogP contribution in [0.4, 0.5) is 4.79 Å². The van der Waals surface area contributed by atoms with Crippen LogP contribution in [0.3, 0.4) is 0 Å². The maximum atomic E-state index is 12.9. The SMILES string of the molecule is Cn1cc(C(NC(=O)OCC2c3ccccc3-c3ccccc32)C(=O)NCC2CC2C(=O)O)cn1. The number of aliphatic carboxylic acids is 1. The summed E-state index contributed by atoms with van der Waals surface area (Å²) < 4.78 is 7.14. The summed E-state index contributed by atoms with van der Waals surface area (Å²) in [5, 5.41) is 18.6. The van der Waals surface area contributed by atoms with E-state index in [2.05, 4.69) is 27.9 Å². The van der Waals surface area contributed by atoms with E-state index in [1.165, 1.54) is 10.9 Å². The molecule has 180 valence electrons. The van der Waals surface area contributed by atoms with Gasteiger partial charge in [0.15, 0.2) is 0 Å². The first-order valence-corrected chi connectivity index (χ1v) is 11.5. The highest BCUT2D eigenvalue weighted by atomic mass is 16.5. The summed E-state index contributed by atoms with van der Waals surface area (Å²) in [7, 11) is 1.72. The summed E-state index contributed by atoms with van der Waals surface area (Å²) in [5.74, 6) is -1.92. The predicted molar refractivity (Wildman–Crippen MR) is 126 cm³/mol. The molecule has 0 bridgehead atoms. The van der Waals surface area contributed by atoms with Crippen LogP contribution in [0.2, 0.25) is 0 Å². The van der Waals surface area contributed by atoms with Crippen molar-refractivity contribution in [2.24, 2.45) is 18.9 Å². The van der Waals surface area contributed by atoms with Crippen LogP contribution in [0.5, 0.6) is 0 Å². The maximum Gasteiger partial charge on any atom is 0.408 e. The summed E-state index contributed by atoms with van der Waals surface area (Å²) >= 11 is 0. The van der Waals surface area contributed by atoms with Crippen LogP contribution < -0.4 is 10.6 Å². The quantitative estimate of drug-likeness (QED) is 0.461. The minimum atomic E-state index is -1.01. The summed E-state index contributed by atoms with van der Waals surface area (Å²) in [4.78, 5) is 36.8. The fourth-order valence-corrected chi connectivity index (χ4v) is 4.76. The Labute approximate surface area is 202 Å². The van der Waals surface area contributed by atoms with E-state index in [4.69, 9.17) is 9.84 Å². The number of aryl methyl sites for hydroxylation is 1. The Morgan fingerprint density at radius 2 is 1.77 bits per heavy atom. The number of carboxylic acid groups (broad SMARTS) is 1. The molecule has 3 atom stereocenters. The average Bonchev–Trinajstić information content (AvgIpc) is 3.42. The zero-order chi connectivity index (χ0) is 24.5. The number of aromatic nitrogens is 2. The van der Waals surface area contributed by atoms with E-state index in [1.54, 1.807) is 13.2 Å². The van der Waals surface area contributed by atoms with Gasteiger partial charge in [0.25, 0.3) is 0 Å². The van der Waals surface area contributed by atoms with Gasteiger partial charge >= 0.3 is 12.1 Å². The van der Waals surface area contributed by atoms with Gasteiger partial charge < -0.3 is 20.5 Å². The third kappa shape index (κ3) is 4.62. The van der Waals surface area contributed by atoms with Gasteiger partial charge in [-0.25, -0.2) is 4.79 Å². The lowest BCUT2D eigenvalue weighted by Crippen LogP contribution is -2.41. The summed E-state index contributed by atoms with van der Waals surface area (Å²) in [6.07, 6.45) is 2.97. The topological polar surface area (TPSA) is 123 Å². The Kier molecular flexibility index (Phi) is 5.98. The van der Waals surface area contributed by atoms with E-state index >= 15 is 0 Å². The number of fused-ring (bicyclic) bond motifs is 3. The summed E-state index contributed by atoms with van der Waals surface area (Å²) in [6, 6.07) is 15.1. The van der Waals surface area contributed by atoms with Gasteiger partial charge in [-0.2, -0.15) is 5.10 Å². The highest BCUT2D eigenvalue weighted by Crippen LogP contribution is 2.44. The number of carbonyl (C=O) groups is 3. The number of carbonyl (C=O) groups excluding carboxylic acids is 2. The molecule has 2 aromatic carbocycles.